The smallest absolute Gasteiger partial charge is 0.0189 e. The largest absolute Gasteiger partial charge is 0.318 e. The second-order valence-electron chi connectivity index (χ2n) is 4.32. The first-order chi connectivity index (χ1) is 5.65. The van der Waals surface area contributed by atoms with Crippen molar-refractivity contribution in [3.05, 3.63) is 0 Å². The molecule has 1 fully saturated rings. The minimum absolute atomic E-state index is 0.669. The number of rotatable bonds is 5. The van der Waals surface area contributed by atoms with Gasteiger partial charge in [-0.3, -0.25) is 0 Å². The zero-order chi connectivity index (χ0) is 9.14. The third kappa shape index (κ3) is 2.76. The van der Waals surface area contributed by atoms with Gasteiger partial charge in [-0.25, -0.2) is 0 Å². The fourth-order valence-corrected chi connectivity index (χ4v) is 1.65. The highest BCUT2D eigenvalue weighted by atomic mass is 15.1. The topological polar surface area (TPSA) is 15.3 Å². The molecule has 2 heteroatoms. The maximum Gasteiger partial charge on any atom is 0.0189 e. The summed E-state index contributed by atoms with van der Waals surface area (Å²) in [6.45, 7) is 7.01. The molecule has 1 saturated carbocycles. The lowest BCUT2D eigenvalue weighted by Crippen LogP contribution is -2.37. The van der Waals surface area contributed by atoms with Crippen molar-refractivity contribution in [1.82, 2.24) is 10.2 Å². The van der Waals surface area contributed by atoms with Gasteiger partial charge >= 0.3 is 0 Å². The molecular formula is C10H22N2. The summed E-state index contributed by atoms with van der Waals surface area (Å²) in [6, 6.07) is 0.669. The third-order valence-corrected chi connectivity index (χ3v) is 3.05. The van der Waals surface area contributed by atoms with Crippen molar-refractivity contribution in [2.24, 2.45) is 11.8 Å². The minimum atomic E-state index is 0.669. The van der Waals surface area contributed by atoms with Gasteiger partial charge in [0.05, 0.1) is 0 Å². The van der Waals surface area contributed by atoms with Gasteiger partial charge in [0, 0.05) is 19.1 Å². The first kappa shape index (κ1) is 10.0. The lowest BCUT2D eigenvalue weighted by Gasteiger charge is -2.24. The van der Waals surface area contributed by atoms with Crippen LogP contribution in [0.1, 0.15) is 20.3 Å². The van der Waals surface area contributed by atoms with Crippen molar-refractivity contribution in [3.63, 3.8) is 0 Å². The molecule has 3 unspecified atom stereocenters. The monoisotopic (exact) mass is 170 g/mol. The number of hydrogen-bond acceptors (Lipinski definition) is 2. The van der Waals surface area contributed by atoms with Gasteiger partial charge in [-0.2, -0.15) is 0 Å². The van der Waals surface area contributed by atoms with E-state index in [0.29, 0.717) is 6.04 Å². The van der Waals surface area contributed by atoms with E-state index in [0.717, 1.165) is 18.4 Å². The van der Waals surface area contributed by atoms with Crippen LogP contribution in [0.3, 0.4) is 0 Å². The molecular weight excluding hydrogens is 148 g/mol. The van der Waals surface area contributed by atoms with Crippen LogP contribution in [0, 0.1) is 11.8 Å². The molecule has 0 amide bonds. The van der Waals surface area contributed by atoms with Gasteiger partial charge in [0.1, 0.15) is 0 Å². The van der Waals surface area contributed by atoms with Crippen molar-refractivity contribution in [1.29, 1.82) is 0 Å². The van der Waals surface area contributed by atoms with Crippen LogP contribution in [0.5, 0.6) is 0 Å². The molecule has 1 rings (SSSR count). The summed E-state index contributed by atoms with van der Waals surface area (Å²) in [5.74, 6) is 1.96. The first-order valence-electron chi connectivity index (χ1n) is 5.00. The van der Waals surface area contributed by atoms with Crippen molar-refractivity contribution >= 4 is 0 Å². The Kier molecular flexibility index (Phi) is 3.53. The molecule has 3 atom stereocenters. The van der Waals surface area contributed by atoms with E-state index in [1.54, 1.807) is 0 Å². The number of nitrogens with zero attached hydrogens (tertiary/aromatic N) is 1. The van der Waals surface area contributed by atoms with E-state index in [9.17, 15) is 0 Å². The third-order valence-electron chi connectivity index (χ3n) is 3.05. The Morgan fingerprint density at radius 2 is 2.17 bits per heavy atom. The van der Waals surface area contributed by atoms with Gasteiger partial charge in [-0.05, 0) is 39.3 Å². The predicted molar refractivity (Wildman–Crippen MR) is 53.3 cm³/mol. The van der Waals surface area contributed by atoms with E-state index in [1.807, 2.05) is 7.05 Å². The van der Waals surface area contributed by atoms with Gasteiger partial charge in [-0.15, -0.1) is 0 Å². The summed E-state index contributed by atoms with van der Waals surface area (Å²) in [5, 5.41) is 3.21. The van der Waals surface area contributed by atoms with E-state index >= 15 is 0 Å². The van der Waals surface area contributed by atoms with Crippen molar-refractivity contribution in [3.8, 4) is 0 Å². The van der Waals surface area contributed by atoms with Gasteiger partial charge in [-0.1, -0.05) is 6.92 Å². The summed E-state index contributed by atoms with van der Waals surface area (Å²) in [4.78, 5) is 2.46. The second kappa shape index (κ2) is 4.24. The van der Waals surface area contributed by atoms with Crippen molar-refractivity contribution in [2.75, 3.05) is 27.2 Å². The summed E-state index contributed by atoms with van der Waals surface area (Å²) in [6.07, 6.45) is 1.44. The summed E-state index contributed by atoms with van der Waals surface area (Å²) < 4.78 is 0. The summed E-state index contributed by atoms with van der Waals surface area (Å²) >= 11 is 0. The van der Waals surface area contributed by atoms with Crippen LogP contribution >= 0.6 is 0 Å². The number of hydrogen-bond donors (Lipinski definition) is 1. The average molecular weight is 170 g/mol. The van der Waals surface area contributed by atoms with Gasteiger partial charge in [0.2, 0.25) is 0 Å². The standard InChI is InChI=1S/C10H22N2/c1-8-5-10(8)7-12(4)9(2)6-11-3/h8-11H,5-7H2,1-4H3. The summed E-state index contributed by atoms with van der Waals surface area (Å²) in [5.41, 5.74) is 0. The molecule has 0 spiro atoms. The first-order valence-corrected chi connectivity index (χ1v) is 5.00. The normalized spacial score (nSPS) is 30.8. The number of nitrogens with one attached hydrogen (secondary N) is 1. The summed E-state index contributed by atoms with van der Waals surface area (Å²) in [7, 11) is 4.25. The Bertz CT molecular complexity index is 136. The number of likely N-dealkylation sites (N-methyl/N-ethyl adjacent to an activating group) is 2. The highest BCUT2D eigenvalue weighted by molar-refractivity contribution is 4.85. The SMILES string of the molecule is CNCC(C)N(C)CC1CC1C. The van der Waals surface area contributed by atoms with Crippen LogP contribution in [0.25, 0.3) is 0 Å². The Morgan fingerprint density at radius 3 is 2.58 bits per heavy atom. The molecule has 0 aromatic heterocycles. The molecule has 2 nitrogen and oxygen atoms in total. The molecule has 0 saturated heterocycles. The fraction of sp³-hybridized carbons (Fsp3) is 1.00. The molecule has 1 aliphatic rings. The molecule has 0 aliphatic heterocycles. The Morgan fingerprint density at radius 1 is 1.58 bits per heavy atom. The Labute approximate surface area is 76.3 Å². The predicted octanol–water partition coefficient (Wildman–Crippen LogP) is 1.18. The van der Waals surface area contributed by atoms with Crippen LogP contribution in [0.2, 0.25) is 0 Å². The fourth-order valence-electron chi connectivity index (χ4n) is 1.65. The van der Waals surface area contributed by atoms with Gasteiger partial charge in [0.15, 0.2) is 0 Å². The highest BCUT2D eigenvalue weighted by Crippen LogP contribution is 2.38. The zero-order valence-corrected chi connectivity index (χ0v) is 8.80. The van der Waals surface area contributed by atoms with Crippen LogP contribution in [-0.2, 0) is 0 Å². The Hall–Kier alpha value is -0.0800. The van der Waals surface area contributed by atoms with E-state index in [4.69, 9.17) is 0 Å². The molecule has 0 aromatic carbocycles. The van der Waals surface area contributed by atoms with Crippen LogP contribution in [-0.4, -0.2) is 38.1 Å². The molecule has 0 bridgehead atoms. The molecule has 1 N–H and O–H groups in total. The lowest BCUT2D eigenvalue weighted by atomic mass is 10.2. The maximum atomic E-state index is 3.21. The lowest BCUT2D eigenvalue weighted by molar-refractivity contribution is 0.241. The van der Waals surface area contributed by atoms with Crippen LogP contribution in [0.4, 0.5) is 0 Å². The van der Waals surface area contributed by atoms with E-state index in [2.05, 4.69) is 31.1 Å². The average Bonchev–Trinajstić information content (AvgIpc) is 2.67. The van der Waals surface area contributed by atoms with Gasteiger partial charge in [0.25, 0.3) is 0 Å². The zero-order valence-electron chi connectivity index (χ0n) is 8.80. The molecule has 72 valence electrons. The molecule has 1 aliphatic carbocycles. The maximum absolute atomic E-state index is 3.21. The minimum Gasteiger partial charge on any atom is -0.318 e. The van der Waals surface area contributed by atoms with Crippen LogP contribution in [0.15, 0.2) is 0 Å². The molecule has 0 heterocycles. The van der Waals surface area contributed by atoms with Crippen LogP contribution < -0.4 is 5.32 Å². The van der Waals surface area contributed by atoms with E-state index in [-0.39, 0.29) is 0 Å². The quantitative estimate of drug-likeness (QED) is 0.666. The highest BCUT2D eigenvalue weighted by Gasteiger charge is 2.33. The second-order valence-corrected chi connectivity index (χ2v) is 4.32. The van der Waals surface area contributed by atoms with E-state index in [1.165, 1.54) is 13.0 Å². The molecule has 0 radical (unpaired) electrons. The molecule has 0 aromatic rings. The molecule has 12 heavy (non-hydrogen) atoms. The van der Waals surface area contributed by atoms with Gasteiger partial charge < -0.3 is 10.2 Å². The van der Waals surface area contributed by atoms with Crippen molar-refractivity contribution < 1.29 is 0 Å². The Balaban J connectivity index is 2.13. The van der Waals surface area contributed by atoms with E-state index < -0.39 is 0 Å². The van der Waals surface area contributed by atoms with Crippen molar-refractivity contribution in [2.45, 2.75) is 26.3 Å².